The van der Waals surface area contributed by atoms with Crippen LogP contribution >= 0.6 is 0 Å². The molecule has 7 heteroatoms. The van der Waals surface area contributed by atoms with Gasteiger partial charge < -0.3 is 21.3 Å². The molecule has 2 aromatic rings. The van der Waals surface area contributed by atoms with Gasteiger partial charge in [-0.1, -0.05) is 24.3 Å². The van der Waals surface area contributed by atoms with E-state index in [1.807, 2.05) is 50.2 Å². The Balaban J connectivity index is 1.96. The highest BCUT2D eigenvalue weighted by Gasteiger charge is 2.06. The third-order valence-electron chi connectivity index (χ3n) is 4.41. The van der Waals surface area contributed by atoms with E-state index in [-0.39, 0.29) is 11.8 Å². The summed E-state index contributed by atoms with van der Waals surface area (Å²) in [7, 11) is 1.63. The quantitative estimate of drug-likeness (QED) is 0.377. The Morgan fingerprint density at radius 2 is 1.47 bits per heavy atom. The minimum atomic E-state index is -0.0884. The standard InChI is InChI=1S/C23H31N5O2/c1-4-25-22(30)20-11-7-9-18(15-20)16-28-23(26-5-2)27-13-12-17-8-6-10-19(14-17)21(29)24-3/h6-11,14-15H,4-5,12-13,16H2,1-3H3,(H,24,29)(H,25,30)(H2,26,27,28). The smallest absolute Gasteiger partial charge is 0.251 e. The van der Waals surface area contributed by atoms with Crippen LogP contribution in [0.25, 0.3) is 0 Å². The molecule has 0 radical (unpaired) electrons. The maximum atomic E-state index is 12.0. The van der Waals surface area contributed by atoms with Crippen LogP contribution in [-0.2, 0) is 13.0 Å². The molecule has 2 rings (SSSR count). The summed E-state index contributed by atoms with van der Waals surface area (Å²) in [5.41, 5.74) is 3.34. The first kappa shape index (κ1) is 22.9. The van der Waals surface area contributed by atoms with Crippen molar-refractivity contribution in [1.82, 2.24) is 21.3 Å². The molecular weight excluding hydrogens is 378 g/mol. The van der Waals surface area contributed by atoms with Crippen molar-refractivity contribution in [2.75, 3.05) is 26.7 Å². The van der Waals surface area contributed by atoms with Gasteiger partial charge >= 0.3 is 0 Å². The molecule has 0 spiro atoms. The maximum absolute atomic E-state index is 12.0. The van der Waals surface area contributed by atoms with E-state index in [0.29, 0.717) is 36.7 Å². The Morgan fingerprint density at radius 1 is 0.833 bits per heavy atom. The molecule has 0 saturated carbocycles. The molecule has 0 saturated heterocycles. The lowest BCUT2D eigenvalue weighted by molar-refractivity contribution is 0.0950. The molecule has 0 aromatic heterocycles. The van der Waals surface area contributed by atoms with E-state index in [9.17, 15) is 9.59 Å². The Hall–Kier alpha value is -3.35. The molecule has 7 nitrogen and oxygen atoms in total. The van der Waals surface area contributed by atoms with Crippen molar-refractivity contribution in [3.05, 3.63) is 70.8 Å². The van der Waals surface area contributed by atoms with Crippen LogP contribution < -0.4 is 21.3 Å². The lowest BCUT2D eigenvalue weighted by Crippen LogP contribution is -2.38. The maximum Gasteiger partial charge on any atom is 0.251 e. The zero-order valence-corrected chi connectivity index (χ0v) is 17.9. The summed E-state index contributed by atoms with van der Waals surface area (Å²) in [5.74, 6) is 0.547. The predicted molar refractivity (Wildman–Crippen MR) is 121 cm³/mol. The van der Waals surface area contributed by atoms with Crippen molar-refractivity contribution < 1.29 is 9.59 Å². The Kier molecular flexibility index (Phi) is 9.37. The molecule has 0 heterocycles. The molecule has 2 aromatic carbocycles. The van der Waals surface area contributed by atoms with Gasteiger partial charge in [0.15, 0.2) is 5.96 Å². The summed E-state index contributed by atoms with van der Waals surface area (Å²) in [6, 6.07) is 15.1. The third-order valence-corrected chi connectivity index (χ3v) is 4.41. The van der Waals surface area contributed by atoms with Gasteiger partial charge in [0, 0.05) is 37.8 Å². The van der Waals surface area contributed by atoms with Crippen LogP contribution in [-0.4, -0.2) is 44.5 Å². The number of aliphatic imine (C=N–C) groups is 1. The van der Waals surface area contributed by atoms with Gasteiger partial charge in [-0.15, -0.1) is 0 Å². The van der Waals surface area contributed by atoms with Crippen molar-refractivity contribution in [1.29, 1.82) is 0 Å². The molecule has 30 heavy (non-hydrogen) atoms. The zero-order valence-electron chi connectivity index (χ0n) is 17.9. The SMILES string of the molecule is CCNC(=O)c1cccc(CN=C(NCC)NCCc2cccc(C(=O)NC)c2)c1. The topological polar surface area (TPSA) is 94.6 Å². The van der Waals surface area contributed by atoms with Crippen LogP contribution in [0.2, 0.25) is 0 Å². The normalized spacial score (nSPS) is 11.0. The van der Waals surface area contributed by atoms with E-state index in [0.717, 1.165) is 24.1 Å². The first-order valence-electron chi connectivity index (χ1n) is 10.3. The predicted octanol–water partition coefficient (Wildman–Crippen LogP) is 2.09. The molecular formula is C23H31N5O2. The fraction of sp³-hybridized carbons (Fsp3) is 0.348. The summed E-state index contributed by atoms with van der Waals surface area (Å²) in [4.78, 5) is 28.4. The Bertz CT molecular complexity index is 879. The second-order valence-corrected chi connectivity index (χ2v) is 6.71. The summed E-state index contributed by atoms with van der Waals surface area (Å²) in [6.07, 6.45) is 0.766. The van der Waals surface area contributed by atoms with Gasteiger partial charge in [-0.05, 0) is 55.7 Å². The average molecular weight is 410 g/mol. The highest BCUT2D eigenvalue weighted by Crippen LogP contribution is 2.07. The molecule has 0 atom stereocenters. The van der Waals surface area contributed by atoms with Gasteiger partial charge in [0.05, 0.1) is 6.54 Å². The number of nitrogens with zero attached hydrogens (tertiary/aromatic N) is 1. The number of hydrogen-bond donors (Lipinski definition) is 4. The number of rotatable bonds is 9. The Morgan fingerprint density at radius 3 is 2.13 bits per heavy atom. The molecule has 0 fully saturated rings. The van der Waals surface area contributed by atoms with Gasteiger partial charge in [-0.25, -0.2) is 4.99 Å². The second-order valence-electron chi connectivity index (χ2n) is 6.71. The highest BCUT2D eigenvalue weighted by atomic mass is 16.2. The van der Waals surface area contributed by atoms with Crippen molar-refractivity contribution in [2.45, 2.75) is 26.8 Å². The van der Waals surface area contributed by atoms with Gasteiger partial charge in [0.25, 0.3) is 11.8 Å². The van der Waals surface area contributed by atoms with Crippen molar-refractivity contribution >= 4 is 17.8 Å². The van der Waals surface area contributed by atoms with Crippen molar-refractivity contribution in [2.24, 2.45) is 4.99 Å². The molecule has 0 aliphatic carbocycles. The lowest BCUT2D eigenvalue weighted by Gasteiger charge is -2.12. The molecule has 160 valence electrons. The number of amides is 2. The fourth-order valence-electron chi connectivity index (χ4n) is 2.92. The van der Waals surface area contributed by atoms with Crippen LogP contribution in [0.15, 0.2) is 53.5 Å². The largest absolute Gasteiger partial charge is 0.357 e. The molecule has 0 aliphatic rings. The number of hydrogen-bond acceptors (Lipinski definition) is 3. The third kappa shape index (κ3) is 7.24. The average Bonchev–Trinajstić information content (AvgIpc) is 2.77. The minimum Gasteiger partial charge on any atom is -0.357 e. The van der Waals surface area contributed by atoms with Crippen molar-refractivity contribution in [3.63, 3.8) is 0 Å². The molecule has 4 N–H and O–H groups in total. The summed E-state index contributed by atoms with van der Waals surface area (Å²) in [6.45, 7) is 6.41. The molecule has 0 aliphatic heterocycles. The zero-order chi connectivity index (χ0) is 21.8. The number of benzene rings is 2. The van der Waals surface area contributed by atoms with Gasteiger partial charge in [-0.2, -0.15) is 0 Å². The van der Waals surface area contributed by atoms with E-state index in [2.05, 4.69) is 26.3 Å². The van der Waals surface area contributed by atoms with Crippen LogP contribution in [0, 0.1) is 0 Å². The first-order chi connectivity index (χ1) is 14.6. The monoisotopic (exact) mass is 409 g/mol. The second kappa shape index (κ2) is 12.3. The number of nitrogens with one attached hydrogen (secondary N) is 4. The lowest BCUT2D eigenvalue weighted by atomic mass is 10.1. The van der Waals surface area contributed by atoms with Gasteiger partial charge in [-0.3, -0.25) is 9.59 Å². The van der Waals surface area contributed by atoms with E-state index >= 15 is 0 Å². The first-order valence-corrected chi connectivity index (χ1v) is 10.3. The van der Waals surface area contributed by atoms with E-state index in [1.54, 1.807) is 19.2 Å². The van der Waals surface area contributed by atoms with Gasteiger partial charge in [0.1, 0.15) is 0 Å². The number of guanidine groups is 1. The van der Waals surface area contributed by atoms with E-state index in [1.165, 1.54) is 0 Å². The van der Waals surface area contributed by atoms with Crippen LogP contribution in [0.5, 0.6) is 0 Å². The van der Waals surface area contributed by atoms with E-state index < -0.39 is 0 Å². The van der Waals surface area contributed by atoms with E-state index in [4.69, 9.17) is 0 Å². The molecule has 0 unspecified atom stereocenters. The van der Waals surface area contributed by atoms with Crippen molar-refractivity contribution in [3.8, 4) is 0 Å². The number of carbonyl (C=O) groups is 2. The highest BCUT2D eigenvalue weighted by molar-refractivity contribution is 5.94. The van der Waals surface area contributed by atoms with Gasteiger partial charge in [0.2, 0.25) is 0 Å². The fourth-order valence-corrected chi connectivity index (χ4v) is 2.92. The molecule has 0 bridgehead atoms. The Labute approximate surface area is 178 Å². The van der Waals surface area contributed by atoms with Crippen LogP contribution in [0.1, 0.15) is 45.7 Å². The summed E-state index contributed by atoms with van der Waals surface area (Å²) in [5, 5.41) is 12.0. The van der Waals surface area contributed by atoms with Crippen LogP contribution in [0.4, 0.5) is 0 Å². The summed E-state index contributed by atoms with van der Waals surface area (Å²) >= 11 is 0. The number of carbonyl (C=O) groups excluding carboxylic acids is 2. The molecule has 2 amide bonds. The minimum absolute atomic E-state index is 0.0765. The summed E-state index contributed by atoms with van der Waals surface area (Å²) < 4.78 is 0. The van der Waals surface area contributed by atoms with Crippen LogP contribution in [0.3, 0.4) is 0 Å².